The number of rotatable bonds is 8. The summed E-state index contributed by atoms with van der Waals surface area (Å²) in [6.07, 6.45) is 5.07. The maximum Gasteiger partial charge on any atom is 0.267 e. The van der Waals surface area contributed by atoms with Crippen LogP contribution in [0.2, 0.25) is 0 Å². The van der Waals surface area contributed by atoms with E-state index in [-0.39, 0.29) is 31.2 Å². The molecule has 3 heterocycles. The van der Waals surface area contributed by atoms with Crippen molar-refractivity contribution in [2.45, 2.75) is 25.8 Å². The molecule has 0 unspecified atom stereocenters. The van der Waals surface area contributed by atoms with E-state index < -0.39 is 0 Å². The molecule has 5 rings (SSSR count). The Labute approximate surface area is 208 Å². The normalized spacial score (nSPS) is 13.5. The number of benzene rings is 2. The molecule has 0 spiro atoms. The maximum atomic E-state index is 12.5. The topological polar surface area (TPSA) is 102 Å². The van der Waals surface area contributed by atoms with Gasteiger partial charge in [-0.1, -0.05) is 36.4 Å². The first-order valence-corrected chi connectivity index (χ1v) is 12.2. The van der Waals surface area contributed by atoms with Crippen molar-refractivity contribution >= 4 is 22.5 Å². The highest BCUT2D eigenvalue weighted by atomic mass is 16.5. The molecule has 9 nitrogen and oxygen atoms in total. The lowest BCUT2D eigenvalue weighted by atomic mass is 10.1. The van der Waals surface area contributed by atoms with Gasteiger partial charge in [-0.15, -0.1) is 0 Å². The van der Waals surface area contributed by atoms with Crippen LogP contribution in [0.15, 0.2) is 71.8 Å². The van der Waals surface area contributed by atoms with Gasteiger partial charge in [-0.2, -0.15) is 5.10 Å². The number of ether oxygens (including phenoxy) is 1. The minimum Gasteiger partial charge on any atom is -0.476 e. The molecule has 4 aromatic rings. The Kier molecular flexibility index (Phi) is 7.16. The van der Waals surface area contributed by atoms with Gasteiger partial charge in [0.2, 0.25) is 11.8 Å². The summed E-state index contributed by atoms with van der Waals surface area (Å²) in [6.45, 7) is 2.33. The molecular formula is C27H28N6O3. The van der Waals surface area contributed by atoms with Crippen molar-refractivity contribution in [3.8, 4) is 17.1 Å². The summed E-state index contributed by atoms with van der Waals surface area (Å²) < 4.78 is 6.87. The Bertz CT molecular complexity index is 1410. The van der Waals surface area contributed by atoms with E-state index in [4.69, 9.17) is 4.74 Å². The van der Waals surface area contributed by atoms with Gasteiger partial charge in [0.25, 0.3) is 5.56 Å². The fourth-order valence-corrected chi connectivity index (χ4v) is 4.31. The quantitative estimate of drug-likeness (QED) is 0.384. The number of aromatic nitrogens is 4. The first kappa shape index (κ1) is 23.5. The van der Waals surface area contributed by atoms with Crippen molar-refractivity contribution < 1.29 is 9.53 Å². The molecule has 36 heavy (non-hydrogen) atoms. The minimum atomic E-state index is -0.336. The fourth-order valence-electron chi connectivity index (χ4n) is 4.31. The average Bonchev–Trinajstić information content (AvgIpc) is 2.93. The van der Waals surface area contributed by atoms with Crippen molar-refractivity contribution in [3.63, 3.8) is 0 Å². The van der Waals surface area contributed by atoms with Crippen molar-refractivity contribution in [3.05, 3.63) is 77.3 Å². The van der Waals surface area contributed by atoms with Crippen LogP contribution in [0.1, 0.15) is 19.3 Å². The SMILES string of the molecule is O=C(Cn1nc(-c2ccc3ccccc3c2)ccc1=O)NCCOc1cc(N2CCCCC2)ncn1. The summed E-state index contributed by atoms with van der Waals surface area (Å²) >= 11 is 0. The number of nitrogens with zero attached hydrogens (tertiary/aromatic N) is 5. The van der Waals surface area contributed by atoms with Gasteiger partial charge in [0.15, 0.2) is 0 Å². The largest absolute Gasteiger partial charge is 0.476 e. The van der Waals surface area contributed by atoms with E-state index in [0.29, 0.717) is 11.6 Å². The number of carbonyl (C=O) groups excluding carboxylic acids is 1. The lowest BCUT2D eigenvalue weighted by molar-refractivity contribution is -0.122. The smallest absolute Gasteiger partial charge is 0.267 e. The highest BCUT2D eigenvalue weighted by Crippen LogP contribution is 2.22. The third kappa shape index (κ3) is 5.68. The number of hydrogen-bond acceptors (Lipinski definition) is 7. The van der Waals surface area contributed by atoms with Crippen LogP contribution in [0.25, 0.3) is 22.0 Å². The average molecular weight is 485 g/mol. The summed E-state index contributed by atoms with van der Waals surface area (Å²) in [5, 5.41) is 9.39. The van der Waals surface area contributed by atoms with Gasteiger partial charge in [0.1, 0.15) is 25.3 Å². The predicted molar refractivity (Wildman–Crippen MR) is 138 cm³/mol. The van der Waals surface area contributed by atoms with Crippen molar-refractivity contribution in [2.24, 2.45) is 0 Å². The predicted octanol–water partition coefficient (Wildman–Crippen LogP) is 3.04. The molecular weight excluding hydrogens is 456 g/mol. The van der Waals surface area contributed by atoms with E-state index in [9.17, 15) is 9.59 Å². The summed E-state index contributed by atoms with van der Waals surface area (Å²) in [5.74, 6) is 1.02. The van der Waals surface area contributed by atoms with Gasteiger partial charge >= 0.3 is 0 Å². The monoisotopic (exact) mass is 484 g/mol. The van der Waals surface area contributed by atoms with E-state index >= 15 is 0 Å². The van der Waals surface area contributed by atoms with Gasteiger partial charge in [0.05, 0.1) is 12.2 Å². The molecule has 2 aromatic heterocycles. The number of amides is 1. The Balaban J connectivity index is 1.15. The first-order valence-electron chi connectivity index (χ1n) is 12.2. The zero-order valence-electron chi connectivity index (χ0n) is 20.0. The van der Waals surface area contributed by atoms with Crippen LogP contribution in [0.5, 0.6) is 5.88 Å². The molecule has 1 N–H and O–H groups in total. The van der Waals surface area contributed by atoms with Crippen LogP contribution < -0.4 is 20.5 Å². The van der Waals surface area contributed by atoms with Crippen molar-refractivity contribution in [1.29, 1.82) is 0 Å². The highest BCUT2D eigenvalue weighted by Gasteiger charge is 2.13. The third-order valence-corrected chi connectivity index (χ3v) is 6.19. The molecule has 9 heteroatoms. The van der Waals surface area contributed by atoms with E-state index in [1.54, 1.807) is 6.07 Å². The number of fused-ring (bicyclic) bond motifs is 1. The van der Waals surface area contributed by atoms with Crippen LogP contribution in [0.3, 0.4) is 0 Å². The van der Waals surface area contributed by atoms with Gasteiger partial charge in [-0.3, -0.25) is 9.59 Å². The van der Waals surface area contributed by atoms with Gasteiger partial charge in [0, 0.05) is 30.8 Å². The Hall–Kier alpha value is -4.27. The molecule has 1 aliphatic rings. The Morgan fingerprint density at radius 2 is 1.78 bits per heavy atom. The number of piperidine rings is 1. The van der Waals surface area contributed by atoms with E-state index in [0.717, 1.165) is 48.1 Å². The van der Waals surface area contributed by atoms with Crippen molar-refractivity contribution in [2.75, 3.05) is 31.1 Å². The molecule has 0 radical (unpaired) electrons. The molecule has 0 saturated carbocycles. The highest BCUT2D eigenvalue weighted by molar-refractivity contribution is 5.86. The van der Waals surface area contributed by atoms with Crippen molar-refractivity contribution in [1.82, 2.24) is 25.1 Å². The van der Waals surface area contributed by atoms with Crippen LogP contribution in [0, 0.1) is 0 Å². The number of anilines is 1. The summed E-state index contributed by atoms with van der Waals surface area (Å²) in [7, 11) is 0. The van der Waals surface area contributed by atoms with Gasteiger partial charge in [-0.05, 0) is 42.2 Å². The second-order valence-electron chi connectivity index (χ2n) is 8.74. The minimum absolute atomic E-state index is 0.174. The molecule has 0 atom stereocenters. The molecule has 0 bridgehead atoms. The van der Waals surface area contributed by atoms with Crippen LogP contribution in [-0.2, 0) is 11.3 Å². The second kappa shape index (κ2) is 11.0. The van der Waals surface area contributed by atoms with E-state index in [1.807, 2.05) is 48.5 Å². The maximum absolute atomic E-state index is 12.5. The lowest BCUT2D eigenvalue weighted by Crippen LogP contribution is -2.35. The van der Waals surface area contributed by atoms with Crippen LogP contribution >= 0.6 is 0 Å². The molecule has 1 amide bonds. The summed E-state index contributed by atoms with van der Waals surface area (Å²) in [5.41, 5.74) is 1.17. The standard InChI is InChI=1S/C27H28N6O3/c34-25(28-12-15-36-26-17-24(29-19-30-26)32-13-4-1-5-14-32)18-33-27(35)11-10-23(31-33)22-9-8-20-6-2-3-7-21(20)16-22/h2-3,6-11,16-17,19H,1,4-5,12-15,18H2,(H,28,34). The summed E-state index contributed by atoms with van der Waals surface area (Å²) in [6, 6.07) is 19.0. The Morgan fingerprint density at radius 3 is 2.64 bits per heavy atom. The summed E-state index contributed by atoms with van der Waals surface area (Å²) in [4.78, 5) is 35.5. The van der Waals surface area contributed by atoms with Gasteiger partial charge < -0.3 is 15.0 Å². The fraction of sp³-hybridized carbons (Fsp3) is 0.296. The molecule has 1 saturated heterocycles. The lowest BCUT2D eigenvalue weighted by Gasteiger charge is -2.27. The van der Waals surface area contributed by atoms with Gasteiger partial charge in [-0.25, -0.2) is 14.6 Å². The third-order valence-electron chi connectivity index (χ3n) is 6.19. The van der Waals surface area contributed by atoms with E-state index in [1.165, 1.54) is 23.5 Å². The second-order valence-corrected chi connectivity index (χ2v) is 8.74. The molecule has 184 valence electrons. The number of hydrogen-bond donors (Lipinski definition) is 1. The first-order chi connectivity index (χ1) is 17.7. The van der Waals surface area contributed by atoms with E-state index in [2.05, 4.69) is 25.3 Å². The molecule has 2 aromatic carbocycles. The Morgan fingerprint density at radius 1 is 0.944 bits per heavy atom. The molecule has 0 aliphatic carbocycles. The van der Waals surface area contributed by atoms with Crippen LogP contribution in [0.4, 0.5) is 5.82 Å². The number of nitrogens with one attached hydrogen (secondary N) is 1. The zero-order valence-corrected chi connectivity index (χ0v) is 20.0. The van der Waals surface area contributed by atoms with Crippen LogP contribution in [-0.4, -0.2) is 51.9 Å². The molecule has 1 aliphatic heterocycles. The number of carbonyl (C=O) groups is 1. The zero-order chi connectivity index (χ0) is 24.7. The molecule has 1 fully saturated rings.